The van der Waals surface area contributed by atoms with Crippen LogP contribution in [0.15, 0.2) is 48.7 Å². The number of imidazole rings is 1. The number of esters is 1. The largest absolute Gasteiger partial charge is 0.493 e. The lowest BCUT2D eigenvalue weighted by Gasteiger charge is -2.16. The highest BCUT2D eigenvalue weighted by atomic mass is 19.4. The Morgan fingerprint density at radius 1 is 1.14 bits per heavy atom. The molecule has 0 fully saturated rings. The van der Waals surface area contributed by atoms with Gasteiger partial charge in [0.25, 0.3) is 0 Å². The van der Waals surface area contributed by atoms with Gasteiger partial charge in [0.15, 0.2) is 0 Å². The van der Waals surface area contributed by atoms with Gasteiger partial charge >= 0.3 is 12.1 Å². The molecular formula is C27H30F4N2O3. The van der Waals surface area contributed by atoms with Crippen LogP contribution in [0.2, 0.25) is 0 Å². The summed E-state index contributed by atoms with van der Waals surface area (Å²) in [6.45, 7) is 6.55. The normalized spacial score (nSPS) is 12.4. The van der Waals surface area contributed by atoms with Crippen molar-refractivity contribution >= 4 is 5.97 Å². The van der Waals surface area contributed by atoms with E-state index >= 15 is 0 Å². The first-order valence-electron chi connectivity index (χ1n) is 11.8. The predicted octanol–water partition coefficient (Wildman–Crippen LogP) is 6.81. The van der Waals surface area contributed by atoms with Crippen LogP contribution in [0.3, 0.4) is 0 Å². The standard InChI is InChI=1S/C27H30F4N2O3/c1-4-35-25(34)14-18(2)6-5-13-36-24-12-11-23(28)15-21(24)17-33-19(3)16-32-26(33)20-7-9-22(10-8-20)27(29,30)31/h7-12,15-16,18H,4-6,13-14,17H2,1-3H3/t18-/m1/s1. The Balaban J connectivity index is 1.70. The van der Waals surface area contributed by atoms with Crippen LogP contribution in [0.4, 0.5) is 17.6 Å². The number of carbonyl (C=O) groups excluding carboxylic acids is 1. The quantitative estimate of drug-likeness (QED) is 0.163. The van der Waals surface area contributed by atoms with Crippen LogP contribution in [0.25, 0.3) is 11.4 Å². The van der Waals surface area contributed by atoms with Crippen LogP contribution in [-0.2, 0) is 22.3 Å². The number of halogens is 4. The SMILES string of the molecule is CCOC(=O)C[C@H](C)CCCOc1ccc(F)cc1Cn1c(C)cnc1-c1ccc(C(F)(F)F)cc1. The highest BCUT2D eigenvalue weighted by molar-refractivity contribution is 5.69. The zero-order chi connectivity index (χ0) is 26.3. The number of nitrogens with zero attached hydrogens (tertiary/aromatic N) is 2. The maximum atomic E-state index is 14.1. The second-order valence-electron chi connectivity index (χ2n) is 8.74. The number of aromatic nitrogens is 2. The lowest BCUT2D eigenvalue weighted by Crippen LogP contribution is -2.11. The van der Waals surface area contributed by atoms with E-state index in [4.69, 9.17) is 9.47 Å². The molecule has 0 unspecified atom stereocenters. The van der Waals surface area contributed by atoms with Gasteiger partial charge in [0.2, 0.25) is 0 Å². The van der Waals surface area contributed by atoms with E-state index in [0.717, 1.165) is 24.2 Å². The number of rotatable bonds is 11. The Kier molecular flexibility index (Phi) is 9.12. The number of benzene rings is 2. The molecule has 1 heterocycles. The van der Waals surface area contributed by atoms with Crippen molar-refractivity contribution in [1.29, 1.82) is 0 Å². The van der Waals surface area contributed by atoms with Gasteiger partial charge in [-0.15, -0.1) is 0 Å². The highest BCUT2D eigenvalue weighted by Gasteiger charge is 2.30. The van der Waals surface area contributed by atoms with Crippen molar-refractivity contribution in [2.45, 2.75) is 52.8 Å². The van der Waals surface area contributed by atoms with Gasteiger partial charge < -0.3 is 14.0 Å². The molecule has 0 aliphatic rings. The molecule has 0 saturated carbocycles. The number of carbonyl (C=O) groups is 1. The molecule has 0 aliphatic carbocycles. The lowest BCUT2D eigenvalue weighted by atomic mass is 10.0. The molecule has 3 aromatic rings. The van der Waals surface area contributed by atoms with Crippen LogP contribution in [0.1, 0.15) is 49.9 Å². The smallest absolute Gasteiger partial charge is 0.416 e. The molecule has 0 N–H and O–H groups in total. The van der Waals surface area contributed by atoms with Gasteiger partial charge in [0.05, 0.1) is 25.3 Å². The molecular weight excluding hydrogens is 476 g/mol. The summed E-state index contributed by atoms with van der Waals surface area (Å²) in [6.07, 6.45) is -0.972. The Bertz CT molecular complexity index is 1160. The summed E-state index contributed by atoms with van der Waals surface area (Å²) in [5.41, 5.74) is 1.14. The fourth-order valence-corrected chi connectivity index (χ4v) is 3.90. The summed E-state index contributed by atoms with van der Waals surface area (Å²) in [6, 6.07) is 9.06. The molecule has 1 atom stereocenters. The Hall–Kier alpha value is -3.36. The summed E-state index contributed by atoms with van der Waals surface area (Å²) >= 11 is 0. The zero-order valence-corrected chi connectivity index (χ0v) is 20.6. The van der Waals surface area contributed by atoms with E-state index in [0.29, 0.717) is 48.8 Å². The molecule has 2 aromatic carbocycles. The second-order valence-corrected chi connectivity index (χ2v) is 8.74. The van der Waals surface area contributed by atoms with Crippen molar-refractivity contribution in [2.24, 2.45) is 5.92 Å². The number of hydrogen-bond acceptors (Lipinski definition) is 4. The van der Waals surface area contributed by atoms with Gasteiger partial charge in [-0.1, -0.05) is 19.1 Å². The fraction of sp³-hybridized carbons (Fsp3) is 0.407. The molecule has 1 aromatic heterocycles. The van der Waals surface area contributed by atoms with E-state index in [1.54, 1.807) is 19.2 Å². The summed E-state index contributed by atoms with van der Waals surface area (Å²) in [5.74, 6) is 0.505. The molecule has 3 rings (SSSR count). The van der Waals surface area contributed by atoms with Crippen molar-refractivity contribution in [3.8, 4) is 17.1 Å². The van der Waals surface area contributed by atoms with Gasteiger partial charge in [0, 0.05) is 29.4 Å². The first kappa shape index (κ1) is 27.2. The van der Waals surface area contributed by atoms with E-state index in [-0.39, 0.29) is 18.4 Å². The molecule has 5 nitrogen and oxygen atoms in total. The third-order valence-corrected chi connectivity index (χ3v) is 5.80. The molecule has 9 heteroatoms. The third kappa shape index (κ3) is 7.32. The summed E-state index contributed by atoms with van der Waals surface area (Å²) in [4.78, 5) is 16.0. The number of hydrogen-bond donors (Lipinski definition) is 0. The van der Waals surface area contributed by atoms with Gasteiger partial charge in [-0.05, 0) is 62.9 Å². The van der Waals surface area contributed by atoms with Gasteiger partial charge in [-0.25, -0.2) is 9.37 Å². The van der Waals surface area contributed by atoms with Crippen LogP contribution in [0, 0.1) is 18.7 Å². The summed E-state index contributed by atoms with van der Waals surface area (Å²) in [7, 11) is 0. The number of ether oxygens (including phenoxy) is 2. The Morgan fingerprint density at radius 3 is 2.53 bits per heavy atom. The molecule has 36 heavy (non-hydrogen) atoms. The average Bonchev–Trinajstić information content (AvgIpc) is 3.17. The van der Waals surface area contributed by atoms with E-state index in [2.05, 4.69) is 4.98 Å². The Morgan fingerprint density at radius 2 is 1.86 bits per heavy atom. The van der Waals surface area contributed by atoms with Gasteiger partial charge in [-0.2, -0.15) is 13.2 Å². The van der Waals surface area contributed by atoms with E-state index < -0.39 is 17.6 Å². The Labute approximate surface area is 208 Å². The van der Waals surface area contributed by atoms with Crippen molar-refractivity contribution in [2.75, 3.05) is 13.2 Å². The van der Waals surface area contributed by atoms with Crippen molar-refractivity contribution in [3.63, 3.8) is 0 Å². The monoisotopic (exact) mass is 506 g/mol. The van der Waals surface area contributed by atoms with Crippen LogP contribution in [0.5, 0.6) is 5.75 Å². The minimum Gasteiger partial charge on any atom is -0.493 e. The zero-order valence-electron chi connectivity index (χ0n) is 20.6. The second kappa shape index (κ2) is 12.1. The summed E-state index contributed by atoms with van der Waals surface area (Å²) in [5, 5.41) is 0. The van der Waals surface area contributed by atoms with Crippen LogP contribution >= 0.6 is 0 Å². The molecule has 0 bridgehead atoms. The number of alkyl halides is 3. The molecule has 0 radical (unpaired) electrons. The average molecular weight is 507 g/mol. The van der Waals surface area contributed by atoms with Crippen LogP contribution in [-0.4, -0.2) is 28.7 Å². The van der Waals surface area contributed by atoms with Crippen molar-refractivity contribution < 1.29 is 31.8 Å². The minimum absolute atomic E-state index is 0.153. The van der Waals surface area contributed by atoms with E-state index in [9.17, 15) is 22.4 Å². The third-order valence-electron chi connectivity index (χ3n) is 5.80. The van der Waals surface area contributed by atoms with E-state index in [1.165, 1.54) is 24.3 Å². The van der Waals surface area contributed by atoms with Crippen LogP contribution < -0.4 is 4.74 Å². The molecule has 194 valence electrons. The topological polar surface area (TPSA) is 53.4 Å². The lowest BCUT2D eigenvalue weighted by molar-refractivity contribution is -0.144. The summed E-state index contributed by atoms with van der Waals surface area (Å²) < 4.78 is 65.7. The predicted molar refractivity (Wildman–Crippen MR) is 128 cm³/mol. The first-order valence-corrected chi connectivity index (χ1v) is 11.8. The number of aryl methyl sites for hydroxylation is 1. The maximum Gasteiger partial charge on any atom is 0.416 e. The maximum absolute atomic E-state index is 14.1. The van der Waals surface area contributed by atoms with Crippen molar-refractivity contribution in [3.05, 3.63) is 71.3 Å². The fourth-order valence-electron chi connectivity index (χ4n) is 3.90. The van der Waals surface area contributed by atoms with Gasteiger partial charge in [0.1, 0.15) is 17.4 Å². The van der Waals surface area contributed by atoms with Crippen molar-refractivity contribution in [1.82, 2.24) is 9.55 Å². The van der Waals surface area contributed by atoms with E-state index in [1.807, 2.05) is 18.4 Å². The molecule has 0 amide bonds. The highest BCUT2D eigenvalue weighted by Crippen LogP contribution is 2.31. The molecule has 0 spiro atoms. The minimum atomic E-state index is -4.42. The first-order chi connectivity index (χ1) is 17.1. The van der Waals surface area contributed by atoms with Gasteiger partial charge in [-0.3, -0.25) is 4.79 Å². The molecule has 0 saturated heterocycles. The molecule has 0 aliphatic heterocycles.